The van der Waals surface area contributed by atoms with Crippen LogP contribution < -0.4 is 4.90 Å². The number of hydrogen-bond donors (Lipinski definition) is 0. The van der Waals surface area contributed by atoms with E-state index in [0.29, 0.717) is 18.8 Å². The number of amides is 2. The highest BCUT2D eigenvalue weighted by Crippen LogP contribution is 2.30. The van der Waals surface area contributed by atoms with E-state index in [1.807, 2.05) is 47.0 Å². The number of pyridine rings is 1. The van der Waals surface area contributed by atoms with Crippen LogP contribution in [0.2, 0.25) is 0 Å². The minimum atomic E-state index is -4.71. The molecule has 1 aliphatic rings. The van der Waals surface area contributed by atoms with Crippen LogP contribution >= 0.6 is 11.8 Å². The maximum Gasteiger partial charge on any atom is 0.470 e. The van der Waals surface area contributed by atoms with Crippen LogP contribution in [0.15, 0.2) is 53.1 Å². The molecule has 162 valence electrons. The van der Waals surface area contributed by atoms with Gasteiger partial charge in [-0.25, -0.2) is 4.79 Å². The number of rotatable bonds is 4. The molecule has 31 heavy (non-hydrogen) atoms. The first kappa shape index (κ1) is 21.2. The third-order valence-electron chi connectivity index (χ3n) is 4.64. The standard InChI is InChI=1S/C20H18F3N5O2S/c21-20(22,23)18-26-25-17(30-18)14-6-7-15(24-12-14)13-28(16-4-2-1-3-5-16)19(29)27-8-10-31-11-9-27/h1-7,12H,8-11,13H2. The van der Waals surface area contributed by atoms with E-state index in [4.69, 9.17) is 0 Å². The molecule has 1 aliphatic heterocycles. The quantitative estimate of drug-likeness (QED) is 0.590. The fourth-order valence-electron chi connectivity index (χ4n) is 3.06. The Bertz CT molecular complexity index is 1020. The molecule has 2 amide bonds. The van der Waals surface area contributed by atoms with Gasteiger partial charge in [0.1, 0.15) is 0 Å². The molecule has 0 aliphatic carbocycles. The topological polar surface area (TPSA) is 75.4 Å². The summed E-state index contributed by atoms with van der Waals surface area (Å²) in [6.45, 7) is 1.57. The maximum absolute atomic E-state index is 13.2. The van der Waals surface area contributed by atoms with Gasteiger partial charge in [-0.3, -0.25) is 9.88 Å². The third-order valence-corrected chi connectivity index (χ3v) is 5.58. The lowest BCUT2D eigenvalue weighted by Crippen LogP contribution is -2.46. The number of carbonyl (C=O) groups is 1. The van der Waals surface area contributed by atoms with E-state index < -0.39 is 12.1 Å². The zero-order valence-corrected chi connectivity index (χ0v) is 17.1. The molecular weight excluding hydrogens is 431 g/mol. The number of benzene rings is 1. The number of alkyl halides is 3. The van der Waals surface area contributed by atoms with E-state index in [1.165, 1.54) is 6.20 Å². The van der Waals surface area contributed by atoms with Crippen molar-refractivity contribution in [1.82, 2.24) is 20.1 Å². The summed E-state index contributed by atoms with van der Waals surface area (Å²) in [6, 6.07) is 12.3. The molecule has 0 atom stereocenters. The molecule has 4 rings (SSSR count). The van der Waals surface area contributed by atoms with Crippen molar-refractivity contribution in [3.05, 3.63) is 60.2 Å². The van der Waals surface area contributed by atoms with Crippen molar-refractivity contribution in [3.8, 4) is 11.5 Å². The lowest BCUT2D eigenvalue weighted by Gasteiger charge is -2.32. The summed E-state index contributed by atoms with van der Waals surface area (Å²) in [7, 11) is 0. The van der Waals surface area contributed by atoms with Gasteiger partial charge in [0, 0.05) is 36.5 Å². The summed E-state index contributed by atoms with van der Waals surface area (Å²) in [4.78, 5) is 20.9. The van der Waals surface area contributed by atoms with Crippen molar-refractivity contribution in [1.29, 1.82) is 0 Å². The van der Waals surface area contributed by atoms with Crippen LogP contribution in [-0.4, -0.2) is 50.7 Å². The summed E-state index contributed by atoms with van der Waals surface area (Å²) in [5, 5.41) is 6.45. The Hall–Kier alpha value is -3.08. The zero-order chi connectivity index (χ0) is 21.8. The molecule has 11 heteroatoms. The molecule has 1 aromatic carbocycles. The van der Waals surface area contributed by atoms with Crippen LogP contribution in [0.1, 0.15) is 11.6 Å². The van der Waals surface area contributed by atoms with Gasteiger partial charge < -0.3 is 9.32 Å². The normalized spacial score (nSPS) is 14.5. The number of thioether (sulfide) groups is 1. The molecule has 0 spiro atoms. The van der Waals surface area contributed by atoms with Gasteiger partial charge in [-0.2, -0.15) is 24.9 Å². The van der Waals surface area contributed by atoms with E-state index in [-0.39, 0.29) is 24.0 Å². The molecular formula is C20H18F3N5O2S. The second-order valence-corrected chi connectivity index (χ2v) is 7.98. The van der Waals surface area contributed by atoms with Gasteiger partial charge >= 0.3 is 18.1 Å². The first-order chi connectivity index (χ1) is 14.9. The van der Waals surface area contributed by atoms with Crippen molar-refractivity contribution in [2.45, 2.75) is 12.7 Å². The van der Waals surface area contributed by atoms with Gasteiger partial charge in [0.15, 0.2) is 0 Å². The number of aromatic nitrogens is 3. The van der Waals surface area contributed by atoms with Gasteiger partial charge in [0.2, 0.25) is 5.89 Å². The smallest absolute Gasteiger partial charge is 0.413 e. The van der Waals surface area contributed by atoms with Gasteiger partial charge in [0.25, 0.3) is 0 Å². The van der Waals surface area contributed by atoms with Crippen molar-refractivity contribution in [3.63, 3.8) is 0 Å². The number of anilines is 1. The third kappa shape index (κ3) is 4.98. The fourth-order valence-corrected chi connectivity index (χ4v) is 3.97. The largest absolute Gasteiger partial charge is 0.470 e. The highest BCUT2D eigenvalue weighted by Gasteiger charge is 2.38. The number of urea groups is 1. The van der Waals surface area contributed by atoms with Crippen LogP contribution in [0, 0.1) is 0 Å². The number of nitrogens with zero attached hydrogens (tertiary/aromatic N) is 5. The molecule has 0 radical (unpaired) electrons. The predicted octanol–water partition coefficient (Wildman–Crippen LogP) is 4.33. The second-order valence-electron chi connectivity index (χ2n) is 6.75. The van der Waals surface area contributed by atoms with E-state index in [9.17, 15) is 18.0 Å². The highest BCUT2D eigenvalue weighted by atomic mass is 32.2. The zero-order valence-electron chi connectivity index (χ0n) is 16.2. The summed E-state index contributed by atoms with van der Waals surface area (Å²) in [6.07, 6.45) is -3.35. The van der Waals surface area contributed by atoms with Crippen LogP contribution in [0.3, 0.4) is 0 Å². The van der Waals surface area contributed by atoms with Crippen molar-refractivity contribution in [2.24, 2.45) is 0 Å². The minimum absolute atomic E-state index is 0.107. The minimum Gasteiger partial charge on any atom is -0.413 e. The molecule has 3 aromatic rings. The van der Waals surface area contributed by atoms with E-state index in [1.54, 1.807) is 17.0 Å². The maximum atomic E-state index is 13.2. The molecule has 7 nitrogen and oxygen atoms in total. The van der Waals surface area contributed by atoms with E-state index >= 15 is 0 Å². The number of para-hydroxylation sites is 1. The Balaban J connectivity index is 1.54. The van der Waals surface area contributed by atoms with Crippen LogP contribution in [0.5, 0.6) is 0 Å². The first-order valence-electron chi connectivity index (χ1n) is 9.47. The lowest BCUT2D eigenvalue weighted by molar-refractivity contribution is -0.156. The second kappa shape index (κ2) is 8.96. The van der Waals surface area contributed by atoms with Gasteiger partial charge in [0.05, 0.1) is 17.8 Å². The van der Waals surface area contributed by atoms with Gasteiger partial charge in [-0.05, 0) is 24.3 Å². The Morgan fingerprint density at radius 3 is 2.45 bits per heavy atom. The SMILES string of the molecule is O=C(N1CCSCC1)N(Cc1ccc(-c2nnc(C(F)(F)F)o2)cn1)c1ccccc1. The van der Waals surface area contributed by atoms with Crippen molar-refractivity contribution >= 4 is 23.5 Å². The molecule has 0 bridgehead atoms. The molecule has 1 fully saturated rings. The van der Waals surface area contributed by atoms with Crippen LogP contribution in [0.25, 0.3) is 11.5 Å². The number of hydrogen-bond acceptors (Lipinski definition) is 6. The summed E-state index contributed by atoms with van der Waals surface area (Å²) in [5.74, 6) is 0.108. The highest BCUT2D eigenvalue weighted by molar-refractivity contribution is 7.99. The average molecular weight is 449 g/mol. The fraction of sp³-hybridized carbons (Fsp3) is 0.300. The molecule has 3 heterocycles. The first-order valence-corrected chi connectivity index (χ1v) is 10.6. The molecule has 0 N–H and O–H groups in total. The summed E-state index contributed by atoms with van der Waals surface area (Å²) < 4.78 is 42.7. The van der Waals surface area contributed by atoms with E-state index in [0.717, 1.165) is 17.2 Å². The summed E-state index contributed by atoms with van der Waals surface area (Å²) in [5.41, 5.74) is 1.57. The van der Waals surface area contributed by atoms with Crippen molar-refractivity contribution in [2.75, 3.05) is 29.5 Å². The Labute approximate surface area is 180 Å². The van der Waals surface area contributed by atoms with Gasteiger partial charge in [-0.1, -0.05) is 18.2 Å². The summed E-state index contributed by atoms with van der Waals surface area (Å²) >= 11 is 1.82. The monoisotopic (exact) mass is 449 g/mol. The number of halogens is 3. The molecule has 0 unspecified atom stereocenters. The lowest BCUT2D eigenvalue weighted by atomic mass is 10.2. The Kier molecular flexibility index (Phi) is 6.12. The molecule has 0 saturated carbocycles. The van der Waals surface area contributed by atoms with E-state index in [2.05, 4.69) is 19.6 Å². The Morgan fingerprint density at radius 2 is 1.84 bits per heavy atom. The Morgan fingerprint density at radius 1 is 1.10 bits per heavy atom. The van der Waals surface area contributed by atoms with Crippen molar-refractivity contribution < 1.29 is 22.4 Å². The van der Waals surface area contributed by atoms with Crippen LogP contribution in [-0.2, 0) is 12.7 Å². The number of carbonyl (C=O) groups excluding carboxylic acids is 1. The van der Waals surface area contributed by atoms with Gasteiger partial charge in [-0.15, -0.1) is 10.2 Å². The van der Waals surface area contributed by atoms with Crippen LogP contribution in [0.4, 0.5) is 23.7 Å². The average Bonchev–Trinajstić information content (AvgIpc) is 3.30. The predicted molar refractivity (Wildman–Crippen MR) is 109 cm³/mol. The molecule has 1 saturated heterocycles. The molecule has 2 aromatic heterocycles.